The molecule has 0 bridgehead atoms. The molecule has 0 fully saturated rings. The van der Waals surface area contributed by atoms with Crippen LogP contribution in [-0.2, 0) is 4.79 Å². The molecule has 7 nitrogen and oxygen atoms in total. The van der Waals surface area contributed by atoms with Crippen LogP contribution in [0.15, 0.2) is 59.4 Å². The fourth-order valence-electron chi connectivity index (χ4n) is 2.79. The van der Waals surface area contributed by atoms with Gasteiger partial charge in [0.1, 0.15) is 0 Å². The molecule has 0 saturated carbocycles. The Hall–Kier alpha value is -3.74. The van der Waals surface area contributed by atoms with Gasteiger partial charge < -0.3 is 0 Å². The van der Waals surface area contributed by atoms with Crippen LogP contribution in [0.3, 0.4) is 0 Å². The zero-order chi connectivity index (χ0) is 21.0. The van der Waals surface area contributed by atoms with Gasteiger partial charge in [-0.3, -0.25) is 25.2 Å². The fourth-order valence-corrected chi connectivity index (χ4v) is 2.79. The van der Waals surface area contributed by atoms with E-state index in [1.165, 1.54) is 10.8 Å². The first-order valence-electron chi connectivity index (χ1n) is 9.23. The van der Waals surface area contributed by atoms with Gasteiger partial charge in [0.25, 0.3) is 17.4 Å². The van der Waals surface area contributed by atoms with Crippen LogP contribution in [0.25, 0.3) is 16.8 Å². The van der Waals surface area contributed by atoms with E-state index < -0.39 is 11.8 Å². The maximum Gasteiger partial charge on any atom is 0.290 e. The van der Waals surface area contributed by atoms with Gasteiger partial charge >= 0.3 is 0 Å². The van der Waals surface area contributed by atoms with E-state index in [4.69, 9.17) is 0 Å². The smallest absolute Gasteiger partial charge is 0.268 e. The number of nitrogens with zero attached hydrogens (tertiary/aromatic N) is 2. The minimum atomic E-state index is -0.604. The number of benzene rings is 2. The zero-order valence-corrected chi connectivity index (χ0v) is 16.5. The van der Waals surface area contributed by atoms with Crippen molar-refractivity contribution < 1.29 is 9.59 Å². The summed E-state index contributed by atoms with van der Waals surface area (Å²) < 4.78 is 1.26. The van der Waals surface area contributed by atoms with Crippen LogP contribution < -0.4 is 16.4 Å². The molecule has 29 heavy (non-hydrogen) atoms. The molecule has 2 N–H and O–H groups in total. The van der Waals surface area contributed by atoms with Crippen molar-refractivity contribution in [2.24, 2.45) is 0 Å². The Bertz CT molecular complexity index is 1140. The standard InChI is InChI=1S/C22H22N4O3/c1-14(2)26-22(29)18-7-5-4-6-17(18)20(25-26)21(28)24-23-19(27)13-12-16-10-8-15(3)9-11-16/h4-14H,1-3H3,(H,23,27)(H,24,28)/b13-12+. The van der Waals surface area contributed by atoms with Crippen molar-refractivity contribution >= 4 is 28.7 Å². The second kappa shape index (κ2) is 8.52. The van der Waals surface area contributed by atoms with Gasteiger partial charge in [-0.25, -0.2) is 4.68 Å². The van der Waals surface area contributed by atoms with E-state index in [1.807, 2.05) is 45.0 Å². The lowest BCUT2D eigenvalue weighted by molar-refractivity contribution is -0.117. The van der Waals surface area contributed by atoms with Crippen LogP contribution >= 0.6 is 0 Å². The van der Waals surface area contributed by atoms with Crippen LogP contribution in [-0.4, -0.2) is 21.6 Å². The van der Waals surface area contributed by atoms with Crippen molar-refractivity contribution in [2.75, 3.05) is 0 Å². The molecule has 0 aliphatic carbocycles. The third kappa shape index (κ3) is 4.57. The number of amides is 2. The predicted molar refractivity (Wildman–Crippen MR) is 112 cm³/mol. The van der Waals surface area contributed by atoms with Crippen LogP contribution in [0.2, 0.25) is 0 Å². The summed E-state index contributed by atoms with van der Waals surface area (Å²) >= 11 is 0. The van der Waals surface area contributed by atoms with Gasteiger partial charge in [-0.2, -0.15) is 5.10 Å². The molecule has 2 aromatic carbocycles. The number of fused-ring (bicyclic) bond motifs is 1. The number of aryl methyl sites for hydroxylation is 1. The lowest BCUT2D eigenvalue weighted by atomic mass is 10.1. The summed E-state index contributed by atoms with van der Waals surface area (Å²) in [6.45, 7) is 5.60. The number of rotatable bonds is 4. The number of aromatic nitrogens is 2. The molecule has 3 aromatic rings. The third-order valence-electron chi connectivity index (χ3n) is 4.34. The summed E-state index contributed by atoms with van der Waals surface area (Å²) in [5, 5.41) is 5.02. The molecule has 148 valence electrons. The van der Waals surface area contributed by atoms with Gasteiger partial charge in [0.2, 0.25) is 0 Å². The third-order valence-corrected chi connectivity index (χ3v) is 4.34. The highest BCUT2D eigenvalue weighted by atomic mass is 16.2. The first kappa shape index (κ1) is 20.0. The predicted octanol–water partition coefficient (Wildman–Crippen LogP) is 2.76. The van der Waals surface area contributed by atoms with Gasteiger partial charge in [-0.05, 0) is 38.5 Å². The monoisotopic (exact) mass is 390 g/mol. The Morgan fingerprint density at radius 1 is 1.00 bits per heavy atom. The molecule has 1 aromatic heterocycles. The maximum absolute atomic E-state index is 12.6. The first-order valence-corrected chi connectivity index (χ1v) is 9.23. The van der Waals surface area contributed by atoms with Gasteiger partial charge in [0, 0.05) is 11.5 Å². The van der Waals surface area contributed by atoms with Crippen molar-refractivity contribution in [1.82, 2.24) is 20.6 Å². The average molecular weight is 390 g/mol. The molecule has 0 unspecified atom stereocenters. The van der Waals surface area contributed by atoms with Crippen molar-refractivity contribution in [1.29, 1.82) is 0 Å². The average Bonchev–Trinajstić information content (AvgIpc) is 2.71. The summed E-state index contributed by atoms with van der Waals surface area (Å²) in [6, 6.07) is 14.2. The maximum atomic E-state index is 12.6. The largest absolute Gasteiger partial charge is 0.290 e. The van der Waals surface area contributed by atoms with Gasteiger partial charge in [0.05, 0.1) is 11.4 Å². The number of carbonyl (C=O) groups excluding carboxylic acids is 2. The molecule has 0 aliphatic rings. The van der Waals surface area contributed by atoms with E-state index in [0.717, 1.165) is 11.1 Å². The molecule has 1 heterocycles. The lowest BCUT2D eigenvalue weighted by Gasteiger charge is -2.13. The zero-order valence-electron chi connectivity index (χ0n) is 16.5. The minimum absolute atomic E-state index is 0.0664. The number of hydrogen-bond acceptors (Lipinski definition) is 4. The molecule has 0 spiro atoms. The Morgan fingerprint density at radius 3 is 2.31 bits per heavy atom. The Kier molecular flexibility index (Phi) is 5.87. The topological polar surface area (TPSA) is 93.1 Å². The molecular formula is C22H22N4O3. The van der Waals surface area contributed by atoms with Gasteiger partial charge in [-0.15, -0.1) is 0 Å². The summed E-state index contributed by atoms with van der Waals surface area (Å²) in [7, 11) is 0. The van der Waals surface area contributed by atoms with Crippen molar-refractivity contribution in [2.45, 2.75) is 26.8 Å². The first-order chi connectivity index (χ1) is 13.9. The highest BCUT2D eigenvalue weighted by molar-refractivity contribution is 6.05. The molecule has 2 amide bonds. The molecule has 0 atom stereocenters. The van der Waals surface area contributed by atoms with Crippen molar-refractivity contribution in [3.05, 3.63) is 81.8 Å². The Balaban J connectivity index is 1.78. The quantitative estimate of drug-likeness (QED) is 0.529. The second-order valence-corrected chi connectivity index (χ2v) is 6.93. The second-order valence-electron chi connectivity index (χ2n) is 6.93. The SMILES string of the molecule is Cc1ccc(/C=C/C(=O)NNC(=O)c2nn(C(C)C)c(=O)c3ccccc23)cc1. The van der Waals surface area contributed by atoms with E-state index in [0.29, 0.717) is 10.8 Å². The van der Waals surface area contributed by atoms with E-state index in [2.05, 4.69) is 16.0 Å². The summed E-state index contributed by atoms with van der Waals surface area (Å²) in [6.07, 6.45) is 2.97. The van der Waals surface area contributed by atoms with E-state index in [1.54, 1.807) is 30.3 Å². The normalized spacial score (nSPS) is 11.2. The highest BCUT2D eigenvalue weighted by Crippen LogP contribution is 2.14. The van der Waals surface area contributed by atoms with Crippen LogP contribution in [0.4, 0.5) is 0 Å². The molecule has 0 saturated heterocycles. The van der Waals surface area contributed by atoms with Crippen molar-refractivity contribution in [3.8, 4) is 0 Å². The number of carbonyl (C=O) groups is 2. The van der Waals surface area contributed by atoms with Crippen LogP contribution in [0.1, 0.15) is 41.5 Å². The van der Waals surface area contributed by atoms with Crippen LogP contribution in [0, 0.1) is 6.92 Å². The van der Waals surface area contributed by atoms with E-state index >= 15 is 0 Å². The van der Waals surface area contributed by atoms with Crippen LogP contribution in [0.5, 0.6) is 0 Å². The highest BCUT2D eigenvalue weighted by Gasteiger charge is 2.17. The molecule has 7 heteroatoms. The number of hydrogen-bond donors (Lipinski definition) is 2. The van der Waals surface area contributed by atoms with E-state index in [9.17, 15) is 14.4 Å². The van der Waals surface area contributed by atoms with Gasteiger partial charge in [-0.1, -0.05) is 48.0 Å². The minimum Gasteiger partial charge on any atom is -0.268 e. The van der Waals surface area contributed by atoms with Gasteiger partial charge in [0.15, 0.2) is 5.69 Å². The van der Waals surface area contributed by atoms with Crippen molar-refractivity contribution in [3.63, 3.8) is 0 Å². The number of nitrogens with one attached hydrogen (secondary N) is 2. The molecule has 3 rings (SSSR count). The summed E-state index contributed by atoms with van der Waals surface area (Å²) in [5.74, 6) is -1.09. The van der Waals surface area contributed by atoms with E-state index in [-0.39, 0.29) is 17.3 Å². The number of hydrazine groups is 1. The summed E-state index contributed by atoms with van der Waals surface area (Å²) in [4.78, 5) is 37.2. The molecule has 0 radical (unpaired) electrons. The Morgan fingerprint density at radius 2 is 1.66 bits per heavy atom. The molecular weight excluding hydrogens is 368 g/mol. The fraction of sp³-hybridized carbons (Fsp3) is 0.182. The lowest BCUT2D eigenvalue weighted by Crippen LogP contribution is -2.42. The Labute approximate surface area is 168 Å². The molecule has 0 aliphatic heterocycles. The summed E-state index contributed by atoms with van der Waals surface area (Å²) in [5.41, 5.74) is 6.49.